The van der Waals surface area contributed by atoms with Gasteiger partial charge in [0.15, 0.2) is 0 Å². The van der Waals surface area contributed by atoms with Crippen molar-refractivity contribution in [1.29, 1.82) is 0 Å². The van der Waals surface area contributed by atoms with E-state index < -0.39 is 27.7 Å². The highest BCUT2D eigenvalue weighted by atomic mass is 32.2. The summed E-state index contributed by atoms with van der Waals surface area (Å²) in [6.45, 7) is 2.85. The van der Waals surface area contributed by atoms with Crippen molar-refractivity contribution >= 4 is 21.9 Å². The lowest BCUT2D eigenvalue weighted by atomic mass is 9.88. The number of nitrogens with zero attached hydrogens (tertiary/aromatic N) is 1. The average molecular weight is 394 g/mol. The Bertz CT molecular complexity index is 829. The number of carbonyl (C=O) groups is 2. The van der Waals surface area contributed by atoms with E-state index in [1.807, 2.05) is 0 Å². The lowest BCUT2D eigenvalue weighted by molar-refractivity contribution is -0.129. The molecule has 0 aromatic heterocycles. The molecule has 1 aliphatic carbocycles. The Morgan fingerprint density at radius 1 is 1.19 bits per heavy atom. The molecule has 1 fully saturated rings. The Labute approximate surface area is 159 Å². The zero-order chi connectivity index (χ0) is 19.6. The molecule has 0 radical (unpaired) electrons. The maximum absolute atomic E-state index is 12.5. The number of nitrogens with one attached hydrogen (secondary N) is 1. The third kappa shape index (κ3) is 5.07. The van der Waals surface area contributed by atoms with Crippen molar-refractivity contribution in [2.75, 3.05) is 12.3 Å². The van der Waals surface area contributed by atoms with Crippen molar-refractivity contribution < 1.29 is 23.1 Å². The van der Waals surface area contributed by atoms with Crippen LogP contribution in [0.15, 0.2) is 18.2 Å². The molecule has 1 heterocycles. The largest absolute Gasteiger partial charge is 0.478 e. The van der Waals surface area contributed by atoms with E-state index in [1.54, 1.807) is 18.2 Å². The Balaban J connectivity index is 1.61. The first-order valence-corrected chi connectivity index (χ1v) is 11.0. The molecule has 7 nitrogen and oxygen atoms in total. The highest BCUT2D eigenvalue weighted by Gasteiger charge is 2.28. The number of benzene rings is 1. The highest BCUT2D eigenvalue weighted by molar-refractivity contribution is 7.90. The predicted octanol–water partition coefficient (Wildman–Crippen LogP) is 1.77. The molecule has 1 saturated carbocycles. The van der Waals surface area contributed by atoms with Gasteiger partial charge in [-0.25, -0.2) is 17.9 Å². The van der Waals surface area contributed by atoms with Crippen LogP contribution < -0.4 is 4.72 Å². The average Bonchev–Trinajstić information content (AvgIpc) is 2.62. The molecule has 0 bridgehead atoms. The zero-order valence-corrected chi connectivity index (χ0v) is 16.3. The summed E-state index contributed by atoms with van der Waals surface area (Å²) in [5.41, 5.74) is 1.94. The maximum Gasteiger partial charge on any atom is 0.335 e. The second-order valence-electron chi connectivity index (χ2n) is 7.69. The molecule has 27 heavy (non-hydrogen) atoms. The number of amides is 1. The van der Waals surface area contributed by atoms with E-state index in [9.17, 15) is 18.0 Å². The first-order valence-electron chi connectivity index (χ1n) is 9.36. The summed E-state index contributed by atoms with van der Waals surface area (Å²) in [6.07, 6.45) is 4.20. The smallest absolute Gasteiger partial charge is 0.335 e. The molecule has 1 aromatic rings. The summed E-state index contributed by atoms with van der Waals surface area (Å²) in [4.78, 5) is 25.2. The van der Waals surface area contributed by atoms with E-state index in [4.69, 9.17) is 5.11 Å². The Hall–Kier alpha value is -1.93. The summed E-state index contributed by atoms with van der Waals surface area (Å²) >= 11 is 0. The molecule has 8 heteroatoms. The van der Waals surface area contributed by atoms with Gasteiger partial charge in [-0.3, -0.25) is 4.79 Å². The number of carbonyl (C=O) groups excluding carboxylic acids is 1. The predicted molar refractivity (Wildman–Crippen MR) is 101 cm³/mol. The number of carboxylic acid groups (broad SMARTS) is 1. The van der Waals surface area contributed by atoms with Crippen LogP contribution in [-0.4, -0.2) is 48.6 Å². The first kappa shape index (κ1) is 19.8. The van der Waals surface area contributed by atoms with Gasteiger partial charge in [0.1, 0.15) is 5.75 Å². The minimum absolute atomic E-state index is 0.0841. The first-order chi connectivity index (χ1) is 12.7. The van der Waals surface area contributed by atoms with Crippen LogP contribution in [0.2, 0.25) is 0 Å². The standard InChI is InChI=1S/C19H26N2O5S/c1-13-2-6-17(7-3-13)20-27(25,26)12-18(22)21-9-8-14-4-5-15(19(23)24)10-16(14)11-21/h4-5,10,13,17,20H,2-3,6-9,11-12H2,1H3,(H,23,24). The van der Waals surface area contributed by atoms with E-state index in [2.05, 4.69) is 11.6 Å². The van der Waals surface area contributed by atoms with Gasteiger partial charge in [-0.1, -0.05) is 13.0 Å². The maximum atomic E-state index is 12.5. The van der Waals surface area contributed by atoms with Gasteiger partial charge in [0.25, 0.3) is 0 Å². The quantitative estimate of drug-likeness (QED) is 0.792. The Kier molecular flexibility index (Phi) is 5.86. The van der Waals surface area contributed by atoms with Crippen LogP contribution in [0.3, 0.4) is 0 Å². The van der Waals surface area contributed by atoms with Gasteiger partial charge in [-0.15, -0.1) is 0 Å². The van der Waals surface area contributed by atoms with Crippen molar-refractivity contribution in [3.8, 4) is 0 Å². The summed E-state index contributed by atoms with van der Waals surface area (Å²) in [7, 11) is -3.68. The summed E-state index contributed by atoms with van der Waals surface area (Å²) in [6, 6.07) is 4.80. The molecule has 0 atom stereocenters. The molecule has 0 spiro atoms. The monoisotopic (exact) mass is 394 g/mol. The number of rotatable bonds is 5. The van der Waals surface area contributed by atoms with Gasteiger partial charge in [0.05, 0.1) is 5.56 Å². The zero-order valence-electron chi connectivity index (χ0n) is 15.5. The van der Waals surface area contributed by atoms with Crippen molar-refractivity contribution in [1.82, 2.24) is 9.62 Å². The van der Waals surface area contributed by atoms with Gasteiger partial charge in [-0.05, 0) is 61.3 Å². The van der Waals surface area contributed by atoms with E-state index in [0.717, 1.165) is 36.8 Å². The fraction of sp³-hybridized carbons (Fsp3) is 0.579. The van der Waals surface area contributed by atoms with E-state index in [1.165, 1.54) is 4.90 Å². The molecule has 0 saturated heterocycles. The molecular formula is C19H26N2O5S. The van der Waals surface area contributed by atoms with E-state index in [-0.39, 0.29) is 18.2 Å². The lowest BCUT2D eigenvalue weighted by Crippen LogP contribution is -2.45. The minimum atomic E-state index is -3.68. The van der Waals surface area contributed by atoms with Crippen LogP contribution >= 0.6 is 0 Å². The number of fused-ring (bicyclic) bond motifs is 1. The van der Waals surface area contributed by atoms with Crippen LogP contribution in [0.4, 0.5) is 0 Å². The van der Waals surface area contributed by atoms with E-state index >= 15 is 0 Å². The molecule has 3 rings (SSSR count). The fourth-order valence-electron chi connectivity index (χ4n) is 3.83. The van der Waals surface area contributed by atoms with Crippen LogP contribution in [0, 0.1) is 5.92 Å². The van der Waals surface area contributed by atoms with Crippen LogP contribution in [0.25, 0.3) is 0 Å². The number of aromatic carboxylic acids is 1. The molecular weight excluding hydrogens is 368 g/mol. The number of hydrogen-bond acceptors (Lipinski definition) is 4. The van der Waals surface area contributed by atoms with Gasteiger partial charge in [0.2, 0.25) is 15.9 Å². The number of sulfonamides is 1. The lowest BCUT2D eigenvalue weighted by Gasteiger charge is -2.30. The minimum Gasteiger partial charge on any atom is -0.478 e. The molecule has 1 amide bonds. The van der Waals surface area contributed by atoms with Gasteiger partial charge in [0, 0.05) is 19.1 Å². The third-order valence-corrected chi connectivity index (χ3v) is 6.81. The number of carboxylic acids is 1. The summed E-state index contributed by atoms with van der Waals surface area (Å²) in [5, 5.41) is 9.12. The normalized spacial score (nSPS) is 22.9. The van der Waals surface area contributed by atoms with Gasteiger partial charge < -0.3 is 10.0 Å². The summed E-state index contributed by atoms with van der Waals surface area (Å²) in [5.74, 6) is -1.41. The second kappa shape index (κ2) is 7.98. The van der Waals surface area contributed by atoms with Crippen LogP contribution in [0.5, 0.6) is 0 Å². The molecule has 1 aromatic carbocycles. The Morgan fingerprint density at radius 3 is 2.56 bits per heavy atom. The summed E-state index contributed by atoms with van der Waals surface area (Å²) < 4.78 is 27.4. The van der Waals surface area contributed by atoms with Crippen molar-refractivity contribution in [2.45, 2.75) is 51.6 Å². The van der Waals surface area contributed by atoms with Crippen molar-refractivity contribution in [3.63, 3.8) is 0 Å². The molecule has 148 valence electrons. The van der Waals surface area contributed by atoms with Crippen molar-refractivity contribution in [2.24, 2.45) is 5.92 Å². The molecule has 0 unspecified atom stereocenters. The Morgan fingerprint density at radius 2 is 1.89 bits per heavy atom. The number of hydrogen-bond donors (Lipinski definition) is 2. The van der Waals surface area contributed by atoms with Crippen LogP contribution in [-0.2, 0) is 27.8 Å². The highest BCUT2D eigenvalue weighted by Crippen LogP contribution is 2.24. The van der Waals surface area contributed by atoms with Crippen molar-refractivity contribution in [3.05, 3.63) is 34.9 Å². The second-order valence-corrected chi connectivity index (χ2v) is 9.44. The molecule has 1 aliphatic heterocycles. The third-order valence-electron chi connectivity index (χ3n) is 5.49. The topological polar surface area (TPSA) is 104 Å². The fourth-order valence-corrected chi connectivity index (χ4v) is 5.16. The van der Waals surface area contributed by atoms with Crippen LogP contribution in [0.1, 0.15) is 54.1 Å². The molecule has 2 aliphatic rings. The molecule has 2 N–H and O–H groups in total. The van der Waals surface area contributed by atoms with Gasteiger partial charge >= 0.3 is 5.97 Å². The van der Waals surface area contributed by atoms with E-state index in [0.29, 0.717) is 18.9 Å². The van der Waals surface area contributed by atoms with Gasteiger partial charge in [-0.2, -0.15) is 0 Å². The SMILES string of the molecule is CC1CCC(NS(=O)(=O)CC(=O)N2CCc3ccc(C(=O)O)cc3C2)CC1.